The van der Waals surface area contributed by atoms with Crippen LogP contribution in [-0.2, 0) is 26.0 Å². The molecular weight excluding hydrogens is 608 g/mol. The van der Waals surface area contributed by atoms with Crippen molar-refractivity contribution in [1.82, 2.24) is 19.5 Å². The number of phenolic OH excluding ortho intramolecular Hbond substituents is 1. The number of rotatable bonds is 8. The maximum Gasteiger partial charge on any atom is 0.293 e. The van der Waals surface area contributed by atoms with Gasteiger partial charge in [0.25, 0.3) is 21.0 Å². The topological polar surface area (TPSA) is 154 Å². The van der Waals surface area contributed by atoms with E-state index in [-0.39, 0.29) is 30.7 Å². The Bertz CT molecular complexity index is 1900. The number of likely N-dealkylation sites (tertiary alicyclic amines) is 1. The predicted molar refractivity (Wildman–Crippen MR) is 168 cm³/mol. The molecule has 0 spiro atoms. The van der Waals surface area contributed by atoms with Gasteiger partial charge in [0.05, 0.1) is 18.2 Å². The van der Waals surface area contributed by atoms with Gasteiger partial charge in [-0.2, -0.15) is 4.31 Å². The molecule has 4 aromatic rings. The largest absolute Gasteiger partial charge is 0.508 e. The summed E-state index contributed by atoms with van der Waals surface area (Å²) in [4.78, 5) is 58.8. The van der Waals surface area contributed by atoms with Crippen molar-refractivity contribution in [2.75, 3.05) is 13.1 Å². The summed E-state index contributed by atoms with van der Waals surface area (Å²) in [6.45, 7) is -0.504. The number of benzene rings is 3. The Morgan fingerprint density at radius 2 is 1.65 bits per heavy atom. The molecule has 0 bridgehead atoms. The zero-order valence-electron chi connectivity index (χ0n) is 24.5. The molecule has 0 aliphatic carbocycles. The Morgan fingerprint density at radius 3 is 2.35 bits per heavy atom. The molecule has 234 valence electrons. The molecule has 0 saturated carbocycles. The van der Waals surface area contributed by atoms with E-state index in [9.17, 15) is 32.7 Å². The first-order chi connectivity index (χ1) is 22.1. The molecule has 6 rings (SSSR count). The highest BCUT2D eigenvalue weighted by Gasteiger charge is 2.55. The van der Waals surface area contributed by atoms with E-state index in [0.29, 0.717) is 11.1 Å². The Hall–Kier alpha value is -5.20. The molecule has 3 aromatic carbocycles. The predicted octanol–water partition coefficient (Wildman–Crippen LogP) is 2.82. The van der Waals surface area contributed by atoms with Crippen molar-refractivity contribution in [3.8, 4) is 16.9 Å². The van der Waals surface area contributed by atoms with Crippen LogP contribution in [0.3, 0.4) is 0 Å². The minimum atomic E-state index is -4.58. The first kappa shape index (κ1) is 30.8. The standard InChI is InChI=1S/C34H30N4O7S/c39-27-10-4-6-22(18-27)19-28(36-32(41)25-13-11-24(12-14-25)23-7-2-1-3-8-23)33(42)37-17-15-29-31(37)30(40)21-38(29)46(44,45)34(43)26-9-5-16-35-20-26/h1-14,16,18,20,28-29,31,39H,15,17,19,21H2,(H,36,41). The number of phenols is 1. The first-order valence-electron chi connectivity index (χ1n) is 14.7. The number of aromatic nitrogens is 1. The van der Waals surface area contributed by atoms with E-state index in [1.807, 2.05) is 30.3 Å². The molecule has 2 N–H and O–H groups in total. The Kier molecular flexibility index (Phi) is 8.48. The molecule has 2 fully saturated rings. The number of aromatic hydroxyl groups is 1. The van der Waals surface area contributed by atoms with Gasteiger partial charge >= 0.3 is 0 Å². The highest BCUT2D eigenvalue weighted by molar-refractivity contribution is 8.04. The number of hydrogen-bond acceptors (Lipinski definition) is 8. The van der Waals surface area contributed by atoms with Gasteiger partial charge in [-0.15, -0.1) is 0 Å². The second-order valence-corrected chi connectivity index (χ2v) is 13.0. The minimum absolute atomic E-state index is 0.00462. The van der Waals surface area contributed by atoms with Gasteiger partial charge in [-0.3, -0.25) is 24.2 Å². The van der Waals surface area contributed by atoms with Gasteiger partial charge < -0.3 is 15.3 Å². The zero-order valence-corrected chi connectivity index (χ0v) is 25.3. The Labute approximate surface area is 265 Å². The lowest BCUT2D eigenvalue weighted by atomic mass is 10.0. The normalized spacial score (nSPS) is 18.6. The summed E-state index contributed by atoms with van der Waals surface area (Å²) >= 11 is 0. The number of Topliss-reactive ketones (excluding diaryl/α,β-unsaturated/α-hetero) is 1. The van der Waals surface area contributed by atoms with Crippen molar-refractivity contribution in [2.24, 2.45) is 0 Å². The van der Waals surface area contributed by atoms with E-state index in [4.69, 9.17) is 0 Å². The second kappa shape index (κ2) is 12.7. The highest BCUT2D eigenvalue weighted by Crippen LogP contribution is 2.33. The molecule has 3 heterocycles. The van der Waals surface area contributed by atoms with E-state index >= 15 is 0 Å². The Morgan fingerprint density at radius 1 is 0.913 bits per heavy atom. The third-order valence-corrected chi connectivity index (χ3v) is 10.0. The summed E-state index contributed by atoms with van der Waals surface area (Å²) in [7, 11) is -4.58. The van der Waals surface area contributed by atoms with E-state index in [2.05, 4.69) is 10.3 Å². The van der Waals surface area contributed by atoms with Crippen LogP contribution in [0.4, 0.5) is 0 Å². The average molecular weight is 639 g/mol. The molecule has 2 aliphatic rings. The van der Waals surface area contributed by atoms with Crippen LogP contribution in [-0.4, -0.2) is 81.6 Å². The summed E-state index contributed by atoms with van der Waals surface area (Å²) in [5, 5.41) is 11.6. The van der Waals surface area contributed by atoms with Crippen molar-refractivity contribution >= 4 is 32.7 Å². The van der Waals surface area contributed by atoms with E-state index in [1.54, 1.807) is 36.4 Å². The lowest BCUT2D eigenvalue weighted by molar-refractivity contribution is -0.138. The third-order valence-electron chi connectivity index (χ3n) is 8.31. The van der Waals surface area contributed by atoms with E-state index in [1.165, 1.54) is 35.4 Å². The summed E-state index contributed by atoms with van der Waals surface area (Å²) in [5.41, 5.74) is 2.65. The zero-order chi connectivity index (χ0) is 32.4. The van der Waals surface area contributed by atoms with Crippen LogP contribution >= 0.6 is 0 Å². The van der Waals surface area contributed by atoms with Gasteiger partial charge in [-0.1, -0.05) is 54.6 Å². The fourth-order valence-corrected chi connectivity index (χ4v) is 7.59. The van der Waals surface area contributed by atoms with Gasteiger partial charge in [-0.25, -0.2) is 8.42 Å². The molecule has 3 atom stereocenters. The maximum absolute atomic E-state index is 14.1. The number of hydrogen-bond donors (Lipinski definition) is 2. The van der Waals surface area contributed by atoms with Gasteiger partial charge in [0.2, 0.25) is 5.91 Å². The van der Waals surface area contributed by atoms with Gasteiger partial charge in [0.1, 0.15) is 17.8 Å². The van der Waals surface area contributed by atoms with Crippen LogP contribution in [0.15, 0.2) is 103 Å². The van der Waals surface area contributed by atoms with Gasteiger partial charge in [0, 0.05) is 30.9 Å². The molecule has 11 nitrogen and oxygen atoms in total. The number of ketones is 1. The van der Waals surface area contributed by atoms with Crippen LogP contribution in [0.1, 0.15) is 32.7 Å². The average Bonchev–Trinajstić information content (AvgIpc) is 3.66. The molecule has 46 heavy (non-hydrogen) atoms. The number of carbonyl (C=O) groups excluding carboxylic acids is 4. The van der Waals surface area contributed by atoms with Crippen LogP contribution in [0, 0.1) is 0 Å². The van der Waals surface area contributed by atoms with Gasteiger partial charge in [-0.05, 0) is 59.5 Å². The molecule has 12 heteroatoms. The van der Waals surface area contributed by atoms with Crippen LogP contribution < -0.4 is 5.32 Å². The Balaban J connectivity index is 1.24. The summed E-state index contributed by atoms with van der Waals surface area (Å²) in [6, 6.07) is 22.4. The van der Waals surface area contributed by atoms with Crippen molar-refractivity contribution in [3.63, 3.8) is 0 Å². The van der Waals surface area contributed by atoms with Crippen molar-refractivity contribution < 1.29 is 32.7 Å². The third kappa shape index (κ3) is 6.04. The monoisotopic (exact) mass is 638 g/mol. The molecule has 0 radical (unpaired) electrons. The fraction of sp³-hybridized carbons (Fsp3) is 0.206. The van der Waals surface area contributed by atoms with Crippen LogP contribution in [0.25, 0.3) is 11.1 Å². The summed E-state index contributed by atoms with van der Waals surface area (Å²) in [5.74, 6) is -1.62. The molecule has 2 aliphatic heterocycles. The second-order valence-electron chi connectivity index (χ2n) is 11.2. The lowest BCUT2D eigenvalue weighted by Gasteiger charge is -2.28. The molecule has 1 aromatic heterocycles. The molecule has 3 unspecified atom stereocenters. The number of sulfonamides is 1. The smallest absolute Gasteiger partial charge is 0.293 e. The first-order valence-corrected chi connectivity index (χ1v) is 16.1. The van der Waals surface area contributed by atoms with Crippen molar-refractivity contribution in [1.29, 1.82) is 0 Å². The molecule has 2 amide bonds. The maximum atomic E-state index is 14.1. The quantitative estimate of drug-likeness (QED) is 0.299. The SMILES string of the molecule is O=C(NC(Cc1cccc(O)c1)C(=O)N1CCC2C1C(=O)CN2S(=O)(=O)C(=O)c1cccnc1)c1ccc(-c2ccccc2)cc1. The van der Waals surface area contributed by atoms with Crippen molar-refractivity contribution in [2.45, 2.75) is 31.0 Å². The van der Waals surface area contributed by atoms with Gasteiger partial charge in [0.15, 0.2) is 5.78 Å². The number of pyridine rings is 1. The molecular formula is C34H30N4O7S. The fourth-order valence-electron chi connectivity index (χ4n) is 6.09. The molecule has 2 saturated heterocycles. The minimum Gasteiger partial charge on any atom is -0.508 e. The van der Waals surface area contributed by atoms with E-state index in [0.717, 1.165) is 21.6 Å². The lowest BCUT2D eigenvalue weighted by Crippen LogP contribution is -2.53. The van der Waals surface area contributed by atoms with E-state index < -0.39 is 57.4 Å². The number of nitrogens with zero attached hydrogens (tertiary/aromatic N) is 3. The number of amides is 2. The number of nitrogens with one attached hydrogen (secondary N) is 1. The summed E-state index contributed by atoms with van der Waals surface area (Å²) in [6.07, 6.45) is 2.69. The van der Waals surface area contributed by atoms with Crippen LogP contribution in [0.2, 0.25) is 0 Å². The summed E-state index contributed by atoms with van der Waals surface area (Å²) < 4.78 is 27.5. The number of fused-ring (bicyclic) bond motifs is 1. The van der Waals surface area contributed by atoms with Crippen LogP contribution in [0.5, 0.6) is 5.75 Å². The highest BCUT2D eigenvalue weighted by atomic mass is 32.2. The van der Waals surface area contributed by atoms with Crippen molar-refractivity contribution in [3.05, 3.63) is 120 Å². The number of carbonyl (C=O) groups is 4.